The predicted octanol–water partition coefficient (Wildman–Crippen LogP) is 1.45. The number of hydrogen-bond acceptors (Lipinski definition) is 5. The number of fused-ring (bicyclic) bond motifs is 1. The molecule has 8 heteroatoms. The first-order valence-corrected chi connectivity index (χ1v) is 8.94. The molecule has 1 heterocycles. The van der Waals surface area contributed by atoms with Gasteiger partial charge in [-0.2, -0.15) is 0 Å². The summed E-state index contributed by atoms with van der Waals surface area (Å²) in [7, 11) is 1.23. The molecular formula is C19H22F2N2O4. The molecular weight excluding hydrogens is 358 g/mol. The number of nitrogens with zero attached hydrogens (tertiary/aromatic N) is 1. The number of halogens is 2. The number of esters is 1. The molecule has 6 nitrogen and oxygen atoms in total. The number of Topliss-reactive ketones (excluding diaryl/α,β-unsaturated/α-hetero) is 1. The molecule has 2 N–H and O–H groups in total. The maximum Gasteiger partial charge on any atom is 0.328 e. The Morgan fingerprint density at radius 3 is 2.67 bits per heavy atom. The van der Waals surface area contributed by atoms with Gasteiger partial charge in [0.05, 0.1) is 13.7 Å². The molecule has 2 aliphatic rings. The van der Waals surface area contributed by atoms with Crippen molar-refractivity contribution >= 4 is 17.7 Å². The van der Waals surface area contributed by atoms with Crippen molar-refractivity contribution < 1.29 is 27.9 Å². The van der Waals surface area contributed by atoms with Gasteiger partial charge >= 0.3 is 5.97 Å². The molecule has 1 fully saturated rings. The summed E-state index contributed by atoms with van der Waals surface area (Å²) in [6, 6.07) is 0.901. The van der Waals surface area contributed by atoms with Crippen LogP contribution in [0.25, 0.3) is 0 Å². The van der Waals surface area contributed by atoms with E-state index in [1.54, 1.807) is 0 Å². The van der Waals surface area contributed by atoms with Crippen LogP contribution in [0, 0.1) is 11.6 Å². The first kappa shape index (κ1) is 19.4. The van der Waals surface area contributed by atoms with Gasteiger partial charge in [-0.15, -0.1) is 0 Å². The van der Waals surface area contributed by atoms with Crippen LogP contribution < -0.4 is 5.73 Å². The monoisotopic (exact) mass is 380 g/mol. The molecule has 1 aromatic rings. The summed E-state index contributed by atoms with van der Waals surface area (Å²) < 4.78 is 31.7. The van der Waals surface area contributed by atoms with Gasteiger partial charge in [-0.1, -0.05) is 0 Å². The number of ether oxygens (including phenoxy) is 1. The number of ketones is 1. The number of amides is 1. The molecule has 1 aliphatic heterocycles. The van der Waals surface area contributed by atoms with Crippen molar-refractivity contribution in [3.63, 3.8) is 0 Å². The standard InChI is InChI=1S/C19H22F2N2O4/c1-27-19(26)17-5-3-11(24)9-23(17)18(25)8-16(22)12-4-2-10-6-14(20)15(21)7-13(10)12/h6-7,12,16-17H,2-5,8-9,22H2,1H3/t12-,16-,17-/m0/s1. The van der Waals surface area contributed by atoms with Gasteiger partial charge in [0.25, 0.3) is 0 Å². The maximum absolute atomic E-state index is 13.6. The van der Waals surface area contributed by atoms with E-state index in [0.717, 1.165) is 6.07 Å². The van der Waals surface area contributed by atoms with E-state index >= 15 is 0 Å². The fourth-order valence-corrected chi connectivity index (χ4v) is 4.01. The summed E-state index contributed by atoms with van der Waals surface area (Å²) in [6.45, 7) is -0.146. The van der Waals surface area contributed by atoms with E-state index in [-0.39, 0.29) is 37.5 Å². The molecule has 1 aliphatic carbocycles. The highest BCUT2D eigenvalue weighted by molar-refractivity contribution is 5.92. The summed E-state index contributed by atoms with van der Waals surface area (Å²) in [5.41, 5.74) is 7.53. The van der Waals surface area contributed by atoms with E-state index < -0.39 is 35.6 Å². The van der Waals surface area contributed by atoms with Crippen LogP contribution in [0.1, 0.15) is 42.7 Å². The minimum atomic E-state index is -0.938. The first-order chi connectivity index (χ1) is 12.8. The van der Waals surface area contributed by atoms with Gasteiger partial charge in [0.15, 0.2) is 17.4 Å². The Balaban J connectivity index is 1.73. The van der Waals surface area contributed by atoms with Crippen molar-refractivity contribution in [3.8, 4) is 0 Å². The molecule has 1 amide bonds. The highest BCUT2D eigenvalue weighted by Crippen LogP contribution is 2.37. The summed E-state index contributed by atoms with van der Waals surface area (Å²) in [6.07, 6.45) is 1.50. The molecule has 1 aromatic carbocycles. The normalized spacial score (nSPS) is 23.1. The molecule has 3 atom stereocenters. The molecule has 27 heavy (non-hydrogen) atoms. The fraction of sp³-hybridized carbons (Fsp3) is 0.526. The summed E-state index contributed by atoms with van der Waals surface area (Å²) in [5.74, 6) is -3.22. The lowest BCUT2D eigenvalue weighted by molar-refractivity contribution is -0.156. The lowest BCUT2D eigenvalue weighted by Gasteiger charge is -2.34. The van der Waals surface area contributed by atoms with Gasteiger partial charge in [-0.3, -0.25) is 9.59 Å². The van der Waals surface area contributed by atoms with Crippen molar-refractivity contribution in [2.45, 2.75) is 50.1 Å². The Bertz CT molecular complexity index is 783. The maximum atomic E-state index is 13.6. The van der Waals surface area contributed by atoms with Crippen LogP contribution in [0.4, 0.5) is 8.78 Å². The number of likely N-dealkylation sites (tertiary alicyclic amines) is 1. The molecule has 0 spiro atoms. The zero-order valence-corrected chi connectivity index (χ0v) is 15.0. The van der Waals surface area contributed by atoms with Crippen LogP contribution in [-0.2, 0) is 25.5 Å². The number of methoxy groups -OCH3 is 1. The van der Waals surface area contributed by atoms with Crippen LogP contribution in [-0.4, -0.2) is 48.3 Å². The Kier molecular flexibility index (Phi) is 5.55. The number of carbonyl (C=O) groups is 3. The van der Waals surface area contributed by atoms with Crippen LogP contribution in [0.3, 0.4) is 0 Å². The van der Waals surface area contributed by atoms with Crippen LogP contribution in [0.5, 0.6) is 0 Å². The van der Waals surface area contributed by atoms with E-state index in [1.165, 1.54) is 18.1 Å². The average molecular weight is 380 g/mol. The minimum Gasteiger partial charge on any atom is -0.467 e. The Hall–Kier alpha value is -2.35. The molecule has 1 saturated heterocycles. The average Bonchev–Trinajstić information content (AvgIpc) is 3.04. The van der Waals surface area contributed by atoms with Gasteiger partial charge in [0.1, 0.15) is 6.04 Å². The highest BCUT2D eigenvalue weighted by Gasteiger charge is 2.38. The van der Waals surface area contributed by atoms with Crippen molar-refractivity contribution in [3.05, 3.63) is 34.9 Å². The minimum absolute atomic E-state index is 0.0934. The van der Waals surface area contributed by atoms with Crippen molar-refractivity contribution in [1.82, 2.24) is 4.90 Å². The second-order valence-corrected chi connectivity index (χ2v) is 7.12. The largest absolute Gasteiger partial charge is 0.467 e. The van der Waals surface area contributed by atoms with Gasteiger partial charge < -0.3 is 15.4 Å². The van der Waals surface area contributed by atoms with Gasteiger partial charge in [0.2, 0.25) is 5.91 Å². The smallest absolute Gasteiger partial charge is 0.328 e. The topological polar surface area (TPSA) is 89.7 Å². The number of benzene rings is 1. The zero-order chi connectivity index (χ0) is 19.7. The van der Waals surface area contributed by atoms with Crippen molar-refractivity contribution in [2.24, 2.45) is 5.73 Å². The Morgan fingerprint density at radius 1 is 1.26 bits per heavy atom. The Morgan fingerprint density at radius 2 is 1.96 bits per heavy atom. The number of piperidine rings is 1. The van der Waals surface area contributed by atoms with E-state index in [9.17, 15) is 23.2 Å². The molecule has 0 saturated carbocycles. The molecule has 146 valence electrons. The third kappa shape index (κ3) is 3.85. The second kappa shape index (κ2) is 7.72. The van der Waals surface area contributed by atoms with Gasteiger partial charge in [0, 0.05) is 24.8 Å². The SMILES string of the molecule is COC(=O)[C@@H]1CCC(=O)CN1C(=O)C[C@H](N)[C@H]1CCc2cc(F)c(F)cc21. The van der Waals surface area contributed by atoms with Gasteiger partial charge in [-0.05, 0) is 42.5 Å². The lowest BCUT2D eigenvalue weighted by Crippen LogP contribution is -2.52. The number of aryl methyl sites for hydroxylation is 1. The fourth-order valence-electron chi connectivity index (χ4n) is 4.01. The summed E-state index contributed by atoms with van der Waals surface area (Å²) >= 11 is 0. The van der Waals surface area contributed by atoms with Crippen LogP contribution in [0.15, 0.2) is 12.1 Å². The quantitative estimate of drug-likeness (QED) is 0.799. The van der Waals surface area contributed by atoms with E-state index in [1.807, 2.05) is 0 Å². The van der Waals surface area contributed by atoms with E-state index in [2.05, 4.69) is 0 Å². The predicted molar refractivity (Wildman–Crippen MR) is 91.8 cm³/mol. The molecule has 0 radical (unpaired) electrons. The van der Waals surface area contributed by atoms with Crippen LogP contribution >= 0.6 is 0 Å². The highest BCUT2D eigenvalue weighted by atomic mass is 19.2. The number of nitrogens with two attached hydrogens (primary N) is 1. The first-order valence-electron chi connectivity index (χ1n) is 8.94. The number of rotatable bonds is 4. The number of hydrogen-bond donors (Lipinski definition) is 1. The van der Waals surface area contributed by atoms with E-state index in [4.69, 9.17) is 10.5 Å². The molecule has 3 rings (SSSR count). The third-order valence-corrected chi connectivity index (χ3v) is 5.45. The third-order valence-electron chi connectivity index (χ3n) is 5.45. The molecule has 0 aromatic heterocycles. The molecule has 0 unspecified atom stereocenters. The summed E-state index contributed by atoms with van der Waals surface area (Å²) in [4.78, 5) is 37.6. The van der Waals surface area contributed by atoms with Crippen LogP contribution in [0.2, 0.25) is 0 Å². The Labute approximate surface area is 155 Å². The van der Waals surface area contributed by atoms with Crippen molar-refractivity contribution in [1.29, 1.82) is 0 Å². The second-order valence-electron chi connectivity index (χ2n) is 7.12. The number of carbonyl (C=O) groups excluding carboxylic acids is 3. The summed E-state index contributed by atoms with van der Waals surface area (Å²) in [5, 5.41) is 0. The lowest BCUT2D eigenvalue weighted by atomic mass is 9.90. The van der Waals surface area contributed by atoms with Crippen molar-refractivity contribution in [2.75, 3.05) is 13.7 Å². The zero-order valence-electron chi connectivity index (χ0n) is 15.0. The van der Waals surface area contributed by atoms with Gasteiger partial charge in [-0.25, -0.2) is 13.6 Å². The molecule has 0 bridgehead atoms. The van der Waals surface area contributed by atoms with E-state index in [0.29, 0.717) is 24.0 Å².